The van der Waals surface area contributed by atoms with E-state index in [1.807, 2.05) is 68.4 Å². The van der Waals surface area contributed by atoms with Crippen LogP contribution in [0.4, 0.5) is 5.69 Å². The van der Waals surface area contributed by atoms with Crippen LogP contribution >= 0.6 is 7.37 Å². The maximum Gasteiger partial charge on any atom is 0.301 e. The molecule has 2 aromatic rings. The Kier molecular flexibility index (Phi) is 3.10. The summed E-state index contributed by atoms with van der Waals surface area (Å²) in [6.07, 6.45) is 0.716. The van der Waals surface area contributed by atoms with Crippen LogP contribution < -0.4 is 15.1 Å². The van der Waals surface area contributed by atoms with Gasteiger partial charge in [0.1, 0.15) is 11.0 Å². The Bertz CT molecular complexity index is 671. The predicted molar refractivity (Wildman–Crippen MR) is 83.1 cm³/mol. The summed E-state index contributed by atoms with van der Waals surface area (Å²) >= 11 is 0. The summed E-state index contributed by atoms with van der Waals surface area (Å²) in [6.45, 7) is 4.00. The molecular formula is C16H18NO2P. The van der Waals surface area contributed by atoms with Gasteiger partial charge >= 0.3 is 7.37 Å². The van der Waals surface area contributed by atoms with Gasteiger partial charge in [0.25, 0.3) is 0 Å². The molecule has 0 aliphatic carbocycles. The van der Waals surface area contributed by atoms with Crippen molar-refractivity contribution in [3.8, 4) is 5.75 Å². The van der Waals surface area contributed by atoms with Gasteiger partial charge in [-0.25, -0.2) is 0 Å². The second kappa shape index (κ2) is 4.68. The topological polar surface area (TPSA) is 38.3 Å². The third-order valence-electron chi connectivity index (χ3n) is 3.95. The molecule has 3 rings (SSSR count). The van der Waals surface area contributed by atoms with Crippen LogP contribution in [0.2, 0.25) is 0 Å². The molecule has 2 aromatic carbocycles. The molecule has 1 N–H and O–H groups in total. The largest absolute Gasteiger partial charge is 0.436 e. The first-order chi connectivity index (χ1) is 9.59. The van der Waals surface area contributed by atoms with Crippen molar-refractivity contribution in [1.82, 2.24) is 0 Å². The highest BCUT2D eigenvalue weighted by molar-refractivity contribution is 7.69. The number of benzene rings is 2. The van der Waals surface area contributed by atoms with Crippen LogP contribution in [-0.4, -0.2) is 5.28 Å². The normalized spacial score (nSPS) is 28.1. The SMILES string of the molecule is CC[C@]1(C)Nc2ccccc2O[P@@]1(=O)c1ccccc1. The summed E-state index contributed by atoms with van der Waals surface area (Å²) < 4.78 is 19.6. The van der Waals surface area contributed by atoms with Gasteiger partial charge < -0.3 is 9.84 Å². The quantitative estimate of drug-likeness (QED) is 0.840. The minimum absolute atomic E-state index is 0.595. The number of fused-ring (bicyclic) bond motifs is 1. The van der Waals surface area contributed by atoms with E-state index in [0.717, 1.165) is 11.0 Å². The molecule has 0 bridgehead atoms. The Balaban J connectivity index is 2.17. The van der Waals surface area contributed by atoms with Crippen LogP contribution in [0.3, 0.4) is 0 Å². The molecule has 0 saturated carbocycles. The molecule has 0 amide bonds. The van der Waals surface area contributed by atoms with E-state index in [0.29, 0.717) is 12.2 Å². The lowest BCUT2D eigenvalue weighted by atomic mass is 10.2. The summed E-state index contributed by atoms with van der Waals surface area (Å²) in [6, 6.07) is 17.1. The monoisotopic (exact) mass is 287 g/mol. The first-order valence-electron chi connectivity index (χ1n) is 6.82. The van der Waals surface area contributed by atoms with E-state index in [9.17, 15) is 4.57 Å². The van der Waals surface area contributed by atoms with E-state index in [1.54, 1.807) is 0 Å². The average molecular weight is 287 g/mol. The van der Waals surface area contributed by atoms with Crippen LogP contribution in [0.25, 0.3) is 0 Å². The fourth-order valence-electron chi connectivity index (χ4n) is 2.51. The summed E-state index contributed by atoms with van der Waals surface area (Å²) in [4.78, 5) is 0. The maximum atomic E-state index is 13.6. The van der Waals surface area contributed by atoms with E-state index in [-0.39, 0.29) is 0 Å². The molecule has 4 heteroatoms. The van der Waals surface area contributed by atoms with Gasteiger partial charge in [-0.2, -0.15) is 0 Å². The summed E-state index contributed by atoms with van der Waals surface area (Å²) in [5.41, 5.74) is 0.902. The molecule has 0 aromatic heterocycles. The van der Waals surface area contributed by atoms with Gasteiger partial charge in [0.05, 0.1) is 11.0 Å². The van der Waals surface area contributed by atoms with Gasteiger partial charge in [0.2, 0.25) is 0 Å². The molecule has 0 fully saturated rings. The van der Waals surface area contributed by atoms with Crippen LogP contribution in [-0.2, 0) is 4.57 Å². The van der Waals surface area contributed by atoms with Gasteiger partial charge in [0, 0.05) is 0 Å². The fraction of sp³-hybridized carbons (Fsp3) is 0.250. The van der Waals surface area contributed by atoms with Crippen molar-refractivity contribution in [3.05, 3.63) is 54.6 Å². The van der Waals surface area contributed by atoms with Crippen LogP contribution in [0.1, 0.15) is 20.3 Å². The van der Waals surface area contributed by atoms with Gasteiger partial charge in [0.15, 0.2) is 0 Å². The van der Waals surface area contributed by atoms with Gasteiger partial charge in [-0.15, -0.1) is 0 Å². The second-order valence-corrected chi connectivity index (χ2v) is 8.02. The van der Waals surface area contributed by atoms with Crippen molar-refractivity contribution in [1.29, 1.82) is 0 Å². The van der Waals surface area contributed by atoms with E-state index >= 15 is 0 Å². The third kappa shape index (κ3) is 1.85. The van der Waals surface area contributed by atoms with E-state index < -0.39 is 12.6 Å². The highest BCUT2D eigenvalue weighted by Crippen LogP contribution is 2.63. The Labute approximate surface area is 119 Å². The van der Waals surface area contributed by atoms with E-state index in [4.69, 9.17) is 4.52 Å². The molecule has 0 unspecified atom stereocenters. The number of anilines is 1. The molecule has 0 radical (unpaired) electrons. The first-order valence-corrected chi connectivity index (χ1v) is 8.44. The molecule has 3 nitrogen and oxygen atoms in total. The maximum absolute atomic E-state index is 13.6. The number of nitrogens with one attached hydrogen (secondary N) is 1. The summed E-state index contributed by atoms with van der Waals surface area (Å²) in [5, 5.41) is 3.59. The van der Waals surface area contributed by atoms with Crippen molar-refractivity contribution >= 4 is 18.4 Å². The van der Waals surface area contributed by atoms with Gasteiger partial charge in [-0.3, -0.25) is 4.57 Å². The van der Waals surface area contributed by atoms with Crippen molar-refractivity contribution < 1.29 is 9.09 Å². The zero-order valence-electron chi connectivity index (χ0n) is 11.7. The van der Waals surface area contributed by atoms with E-state index in [1.165, 1.54) is 0 Å². The Morgan fingerprint density at radius 2 is 1.75 bits per heavy atom. The minimum Gasteiger partial charge on any atom is -0.436 e. The minimum atomic E-state index is -3.03. The number of hydrogen-bond donors (Lipinski definition) is 1. The van der Waals surface area contributed by atoms with Crippen LogP contribution in [0, 0.1) is 0 Å². The predicted octanol–water partition coefficient (Wildman–Crippen LogP) is 4.22. The molecule has 104 valence electrons. The number of para-hydroxylation sites is 2. The summed E-state index contributed by atoms with van der Waals surface area (Å²) in [5.74, 6) is 0.658. The van der Waals surface area contributed by atoms with Gasteiger partial charge in [-0.1, -0.05) is 37.3 Å². The Hall–Kier alpha value is -1.73. The Morgan fingerprint density at radius 1 is 1.10 bits per heavy atom. The van der Waals surface area contributed by atoms with Crippen molar-refractivity contribution in [2.45, 2.75) is 25.5 Å². The smallest absolute Gasteiger partial charge is 0.301 e. The van der Waals surface area contributed by atoms with Crippen LogP contribution in [0.15, 0.2) is 54.6 Å². The van der Waals surface area contributed by atoms with Crippen molar-refractivity contribution in [2.75, 3.05) is 5.32 Å². The molecule has 0 spiro atoms. The second-order valence-electron chi connectivity index (χ2n) is 5.23. The molecule has 1 aliphatic heterocycles. The molecule has 1 aliphatic rings. The molecule has 20 heavy (non-hydrogen) atoms. The number of hydrogen-bond acceptors (Lipinski definition) is 3. The molecule has 0 saturated heterocycles. The van der Waals surface area contributed by atoms with Gasteiger partial charge in [-0.05, 0) is 37.6 Å². The zero-order valence-corrected chi connectivity index (χ0v) is 12.6. The fourth-order valence-corrected chi connectivity index (χ4v) is 5.07. The third-order valence-corrected chi connectivity index (χ3v) is 7.11. The first kappa shape index (κ1) is 13.3. The number of rotatable bonds is 2. The standard InChI is InChI=1S/C16H18NO2P/c1-3-16(2)17-14-11-7-8-12-15(14)19-20(16,18)13-9-5-4-6-10-13/h4-12,17H,3H2,1-2H3/t16-,20+/m1/s1. The Morgan fingerprint density at radius 3 is 2.45 bits per heavy atom. The van der Waals surface area contributed by atoms with E-state index in [2.05, 4.69) is 5.32 Å². The summed E-state index contributed by atoms with van der Waals surface area (Å²) in [7, 11) is -3.03. The highest BCUT2D eigenvalue weighted by Gasteiger charge is 2.50. The lowest BCUT2D eigenvalue weighted by Crippen LogP contribution is -2.42. The molecule has 2 atom stereocenters. The highest BCUT2D eigenvalue weighted by atomic mass is 31.2. The average Bonchev–Trinajstić information content (AvgIpc) is 2.49. The molecule has 1 heterocycles. The van der Waals surface area contributed by atoms with Crippen molar-refractivity contribution in [3.63, 3.8) is 0 Å². The molecular weight excluding hydrogens is 269 g/mol. The lowest BCUT2D eigenvalue weighted by molar-refractivity contribution is 0.441. The zero-order chi connectivity index (χ0) is 14.2. The van der Waals surface area contributed by atoms with Crippen LogP contribution in [0.5, 0.6) is 5.75 Å². The van der Waals surface area contributed by atoms with Crippen molar-refractivity contribution in [2.24, 2.45) is 0 Å². The lowest BCUT2D eigenvalue weighted by Gasteiger charge is -2.42.